The van der Waals surface area contributed by atoms with Crippen LogP contribution in [-0.4, -0.2) is 44.2 Å². The van der Waals surface area contributed by atoms with E-state index in [2.05, 4.69) is 71.7 Å². The quantitative estimate of drug-likeness (QED) is 0.578. The summed E-state index contributed by atoms with van der Waals surface area (Å²) in [7, 11) is 0. The highest BCUT2D eigenvalue weighted by atomic mass is 16.5. The SMILES string of the molecule is CC/C(=C/c1ccc(OCCN2CCNCC2)cc1)c1ccc2oc(C)cc2c1. The predicted molar refractivity (Wildman–Crippen MR) is 120 cm³/mol. The Morgan fingerprint density at radius 2 is 1.90 bits per heavy atom. The first-order valence-corrected chi connectivity index (χ1v) is 10.6. The molecule has 0 unspecified atom stereocenters. The third kappa shape index (κ3) is 5.08. The molecule has 1 aliphatic rings. The lowest BCUT2D eigenvalue weighted by Gasteiger charge is -2.26. The van der Waals surface area contributed by atoms with Crippen LogP contribution in [0.3, 0.4) is 0 Å². The molecule has 1 aromatic heterocycles. The Morgan fingerprint density at radius 3 is 2.66 bits per heavy atom. The molecule has 0 spiro atoms. The van der Waals surface area contributed by atoms with Crippen molar-refractivity contribution in [2.45, 2.75) is 20.3 Å². The molecular weight excluding hydrogens is 360 g/mol. The van der Waals surface area contributed by atoms with Crippen LogP contribution in [0, 0.1) is 6.92 Å². The van der Waals surface area contributed by atoms with Gasteiger partial charge in [0, 0.05) is 38.1 Å². The molecule has 0 amide bonds. The molecule has 4 nitrogen and oxygen atoms in total. The molecule has 0 aliphatic carbocycles. The predicted octanol–water partition coefficient (Wildman–Crippen LogP) is 4.98. The van der Waals surface area contributed by atoms with E-state index in [0.717, 1.165) is 68.2 Å². The number of fused-ring (bicyclic) bond motifs is 1. The van der Waals surface area contributed by atoms with Crippen molar-refractivity contribution in [2.24, 2.45) is 0 Å². The number of ether oxygens (including phenoxy) is 1. The Bertz CT molecular complexity index is 966. The summed E-state index contributed by atoms with van der Waals surface area (Å²) in [6, 6.07) is 16.9. The summed E-state index contributed by atoms with van der Waals surface area (Å²) in [4.78, 5) is 2.44. The second-order valence-electron chi connectivity index (χ2n) is 7.64. The van der Waals surface area contributed by atoms with Crippen LogP contribution in [0.2, 0.25) is 0 Å². The second-order valence-corrected chi connectivity index (χ2v) is 7.64. The molecule has 3 aromatic rings. The van der Waals surface area contributed by atoms with Crippen molar-refractivity contribution < 1.29 is 9.15 Å². The lowest BCUT2D eigenvalue weighted by molar-refractivity contribution is 0.191. The Labute approximate surface area is 173 Å². The van der Waals surface area contributed by atoms with Crippen LogP contribution in [0.25, 0.3) is 22.6 Å². The van der Waals surface area contributed by atoms with Crippen LogP contribution in [-0.2, 0) is 0 Å². The number of benzene rings is 2. The normalized spacial score (nSPS) is 15.7. The average Bonchev–Trinajstić information content (AvgIpc) is 3.13. The highest BCUT2D eigenvalue weighted by Crippen LogP contribution is 2.27. The van der Waals surface area contributed by atoms with Crippen LogP contribution in [0.5, 0.6) is 5.75 Å². The maximum Gasteiger partial charge on any atom is 0.134 e. The molecule has 1 fully saturated rings. The monoisotopic (exact) mass is 390 g/mol. The van der Waals surface area contributed by atoms with E-state index in [9.17, 15) is 0 Å². The van der Waals surface area contributed by atoms with Gasteiger partial charge in [0.15, 0.2) is 0 Å². The summed E-state index contributed by atoms with van der Waals surface area (Å²) in [5, 5.41) is 4.54. The minimum atomic E-state index is 0.736. The van der Waals surface area contributed by atoms with Gasteiger partial charge in [0.25, 0.3) is 0 Å². The molecule has 4 rings (SSSR count). The molecule has 0 bridgehead atoms. The topological polar surface area (TPSA) is 37.6 Å². The lowest BCUT2D eigenvalue weighted by atomic mass is 9.99. The average molecular weight is 391 g/mol. The van der Waals surface area contributed by atoms with Gasteiger partial charge in [-0.2, -0.15) is 0 Å². The van der Waals surface area contributed by atoms with Crippen molar-refractivity contribution in [1.29, 1.82) is 0 Å². The van der Waals surface area contributed by atoms with Crippen molar-refractivity contribution in [2.75, 3.05) is 39.3 Å². The molecule has 1 saturated heterocycles. The number of nitrogens with zero attached hydrogens (tertiary/aromatic N) is 1. The van der Waals surface area contributed by atoms with Crippen LogP contribution in [0.15, 0.2) is 52.9 Å². The molecular formula is C25H30N2O2. The van der Waals surface area contributed by atoms with E-state index in [0.29, 0.717) is 0 Å². The minimum Gasteiger partial charge on any atom is -0.492 e. The summed E-state index contributed by atoms with van der Waals surface area (Å²) >= 11 is 0. The number of allylic oxidation sites excluding steroid dienone is 1. The minimum absolute atomic E-state index is 0.736. The van der Waals surface area contributed by atoms with Crippen molar-refractivity contribution >= 4 is 22.6 Å². The first kappa shape index (κ1) is 19.7. The molecule has 0 atom stereocenters. The number of rotatable bonds is 7. The Morgan fingerprint density at radius 1 is 1.10 bits per heavy atom. The fourth-order valence-corrected chi connectivity index (χ4v) is 3.85. The number of hydrogen-bond donors (Lipinski definition) is 1. The molecule has 4 heteroatoms. The van der Waals surface area contributed by atoms with Crippen LogP contribution in [0.1, 0.15) is 30.2 Å². The molecule has 29 heavy (non-hydrogen) atoms. The first-order valence-electron chi connectivity index (χ1n) is 10.6. The van der Waals surface area contributed by atoms with E-state index in [1.165, 1.54) is 16.7 Å². The lowest BCUT2D eigenvalue weighted by Crippen LogP contribution is -2.44. The van der Waals surface area contributed by atoms with Crippen LogP contribution >= 0.6 is 0 Å². The Kier molecular flexibility index (Phi) is 6.33. The smallest absolute Gasteiger partial charge is 0.134 e. The van der Waals surface area contributed by atoms with Gasteiger partial charge >= 0.3 is 0 Å². The summed E-state index contributed by atoms with van der Waals surface area (Å²) < 4.78 is 11.6. The zero-order valence-electron chi connectivity index (χ0n) is 17.4. The fraction of sp³-hybridized carbons (Fsp3) is 0.360. The van der Waals surface area contributed by atoms with E-state index in [4.69, 9.17) is 9.15 Å². The van der Waals surface area contributed by atoms with Crippen molar-refractivity contribution in [1.82, 2.24) is 10.2 Å². The van der Waals surface area contributed by atoms with E-state index in [-0.39, 0.29) is 0 Å². The van der Waals surface area contributed by atoms with Gasteiger partial charge < -0.3 is 14.5 Å². The van der Waals surface area contributed by atoms with Gasteiger partial charge in [-0.1, -0.05) is 31.2 Å². The van der Waals surface area contributed by atoms with Gasteiger partial charge in [0.1, 0.15) is 23.7 Å². The van der Waals surface area contributed by atoms with Crippen molar-refractivity contribution in [3.05, 3.63) is 65.4 Å². The summed E-state index contributed by atoms with van der Waals surface area (Å²) in [6.45, 7) is 10.3. The molecule has 2 aromatic carbocycles. The standard InChI is InChI=1S/C25H30N2O2/c1-3-21(22-6-9-25-23(18-22)16-19(2)29-25)17-20-4-7-24(8-5-20)28-15-14-27-12-10-26-11-13-27/h4-9,16-18,26H,3,10-15H2,1-2H3/b21-17-. The number of aryl methyl sites for hydroxylation is 1. The van der Waals surface area contributed by atoms with E-state index >= 15 is 0 Å². The van der Waals surface area contributed by atoms with Gasteiger partial charge in [-0.25, -0.2) is 0 Å². The molecule has 0 radical (unpaired) electrons. The summed E-state index contributed by atoms with van der Waals surface area (Å²) in [5.41, 5.74) is 4.71. The second kappa shape index (κ2) is 9.29. The fourth-order valence-electron chi connectivity index (χ4n) is 3.85. The highest BCUT2D eigenvalue weighted by molar-refractivity contribution is 5.87. The van der Waals surface area contributed by atoms with Gasteiger partial charge in [-0.05, 0) is 60.4 Å². The zero-order chi connectivity index (χ0) is 20.1. The van der Waals surface area contributed by atoms with Crippen LogP contribution < -0.4 is 10.1 Å². The highest BCUT2D eigenvalue weighted by Gasteiger charge is 2.09. The van der Waals surface area contributed by atoms with Gasteiger partial charge in [-0.3, -0.25) is 4.90 Å². The van der Waals surface area contributed by atoms with Crippen molar-refractivity contribution in [3.63, 3.8) is 0 Å². The summed E-state index contributed by atoms with van der Waals surface area (Å²) in [6.07, 6.45) is 3.24. The number of hydrogen-bond acceptors (Lipinski definition) is 4. The largest absolute Gasteiger partial charge is 0.492 e. The third-order valence-corrected chi connectivity index (χ3v) is 5.50. The maximum atomic E-state index is 5.94. The Balaban J connectivity index is 1.40. The molecule has 152 valence electrons. The van der Waals surface area contributed by atoms with Crippen molar-refractivity contribution in [3.8, 4) is 5.75 Å². The summed E-state index contributed by atoms with van der Waals surface area (Å²) in [5.74, 6) is 1.89. The number of nitrogens with one attached hydrogen (secondary N) is 1. The third-order valence-electron chi connectivity index (χ3n) is 5.50. The molecule has 2 heterocycles. The maximum absolute atomic E-state index is 5.94. The molecule has 1 aliphatic heterocycles. The van der Waals surface area contributed by atoms with Gasteiger partial charge in [0.2, 0.25) is 0 Å². The Hall–Kier alpha value is -2.56. The van der Waals surface area contributed by atoms with E-state index in [1.807, 2.05) is 6.92 Å². The molecule has 1 N–H and O–H groups in total. The first-order chi connectivity index (χ1) is 14.2. The molecule has 0 saturated carbocycles. The van der Waals surface area contributed by atoms with E-state index in [1.54, 1.807) is 0 Å². The van der Waals surface area contributed by atoms with E-state index < -0.39 is 0 Å². The number of furan rings is 1. The van der Waals surface area contributed by atoms with Gasteiger partial charge in [-0.15, -0.1) is 0 Å². The number of piperazine rings is 1. The van der Waals surface area contributed by atoms with Crippen LogP contribution in [0.4, 0.5) is 0 Å². The zero-order valence-corrected chi connectivity index (χ0v) is 17.4. The van der Waals surface area contributed by atoms with Gasteiger partial charge in [0.05, 0.1) is 0 Å².